The number of alkyl halides is 6. The molecule has 2 rings (SSSR count). The number of aromatic nitrogens is 3. The maximum absolute atomic E-state index is 12.9. The number of amides is 2. The summed E-state index contributed by atoms with van der Waals surface area (Å²) in [6.45, 7) is 0. The van der Waals surface area contributed by atoms with Crippen LogP contribution in [0.1, 0.15) is 11.4 Å². The molecular weight excluding hydrogens is 422 g/mol. The summed E-state index contributed by atoms with van der Waals surface area (Å²) in [5.74, 6) is -3.79. The molecule has 9 nitrogen and oxygen atoms in total. The zero-order valence-electron chi connectivity index (χ0n) is 13.1. The number of anilines is 2. The SMILES string of the molecule is Nc1nc(NC(=O)NS(=O)(=O)c2ccccc2C(F)(F)F)nc(C(F)(F)F)n1. The van der Waals surface area contributed by atoms with Crippen LogP contribution in [0.2, 0.25) is 0 Å². The molecule has 2 aromatic rings. The Bertz CT molecular complexity index is 1010. The molecule has 0 saturated carbocycles. The quantitative estimate of drug-likeness (QED) is 0.633. The summed E-state index contributed by atoms with van der Waals surface area (Å²) in [5, 5.41) is 1.53. The highest BCUT2D eigenvalue weighted by Crippen LogP contribution is 2.33. The minimum absolute atomic E-state index is 0.467. The number of nitrogens with one attached hydrogen (secondary N) is 2. The molecule has 0 aliphatic carbocycles. The second kappa shape index (κ2) is 7.10. The van der Waals surface area contributed by atoms with Crippen LogP contribution < -0.4 is 15.8 Å². The highest BCUT2D eigenvalue weighted by atomic mass is 32.2. The van der Waals surface area contributed by atoms with Gasteiger partial charge in [0.25, 0.3) is 10.0 Å². The number of hydrogen-bond donors (Lipinski definition) is 3. The normalized spacial score (nSPS) is 12.5. The van der Waals surface area contributed by atoms with Crippen LogP contribution in [0.3, 0.4) is 0 Å². The molecule has 1 aromatic heterocycles. The van der Waals surface area contributed by atoms with Crippen molar-refractivity contribution >= 4 is 28.0 Å². The minimum atomic E-state index is -5.05. The summed E-state index contributed by atoms with van der Waals surface area (Å²) >= 11 is 0. The third-order valence-corrected chi connectivity index (χ3v) is 4.23. The number of carbonyl (C=O) groups excluding carboxylic acids is 1. The van der Waals surface area contributed by atoms with E-state index in [1.807, 2.05) is 0 Å². The molecule has 0 atom stereocenters. The number of benzene rings is 1. The molecule has 1 heterocycles. The fraction of sp³-hybridized carbons (Fsp3) is 0.167. The zero-order chi connectivity index (χ0) is 21.3. The van der Waals surface area contributed by atoms with E-state index >= 15 is 0 Å². The van der Waals surface area contributed by atoms with Gasteiger partial charge < -0.3 is 5.73 Å². The Hall–Kier alpha value is -3.17. The molecule has 0 aliphatic rings. The topological polar surface area (TPSA) is 140 Å². The molecule has 2 amide bonds. The van der Waals surface area contributed by atoms with E-state index in [9.17, 15) is 39.6 Å². The average Bonchev–Trinajstić information content (AvgIpc) is 2.52. The molecule has 16 heteroatoms. The lowest BCUT2D eigenvalue weighted by Gasteiger charge is -2.14. The van der Waals surface area contributed by atoms with E-state index in [1.54, 1.807) is 0 Å². The van der Waals surface area contributed by atoms with Gasteiger partial charge in [-0.2, -0.15) is 41.3 Å². The predicted molar refractivity (Wildman–Crippen MR) is 80.0 cm³/mol. The molecule has 0 radical (unpaired) electrons. The third-order valence-electron chi connectivity index (χ3n) is 2.84. The largest absolute Gasteiger partial charge is 0.451 e. The van der Waals surface area contributed by atoms with E-state index in [-0.39, 0.29) is 0 Å². The molecule has 0 unspecified atom stereocenters. The summed E-state index contributed by atoms with van der Waals surface area (Å²) in [7, 11) is -5.05. The van der Waals surface area contributed by atoms with Gasteiger partial charge in [0.2, 0.25) is 17.7 Å². The summed E-state index contributed by atoms with van der Waals surface area (Å²) in [6.07, 6.45) is -10.1. The molecule has 4 N–H and O–H groups in total. The number of nitrogens with zero attached hydrogens (tertiary/aromatic N) is 3. The predicted octanol–water partition coefficient (Wildman–Crippen LogP) is 2.00. The second-order valence-corrected chi connectivity index (χ2v) is 6.54. The van der Waals surface area contributed by atoms with Crippen LogP contribution in [0.25, 0.3) is 0 Å². The van der Waals surface area contributed by atoms with Gasteiger partial charge in [-0.25, -0.2) is 17.9 Å². The first-order valence-corrected chi connectivity index (χ1v) is 8.27. The first kappa shape index (κ1) is 21.1. The Labute approximate surface area is 152 Å². The van der Waals surface area contributed by atoms with E-state index in [0.717, 1.165) is 12.1 Å². The van der Waals surface area contributed by atoms with E-state index in [1.165, 1.54) is 10.0 Å². The van der Waals surface area contributed by atoms with Crippen LogP contribution >= 0.6 is 0 Å². The molecule has 0 spiro atoms. The minimum Gasteiger partial charge on any atom is -0.368 e. The Morgan fingerprint density at radius 1 is 0.964 bits per heavy atom. The molecule has 0 aliphatic heterocycles. The highest BCUT2D eigenvalue weighted by Gasteiger charge is 2.38. The first-order chi connectivity index (χ1) is 12.7. The van der Waals surface area contributed by atoms with Crippen molar-refractivity contribution in [3.8, 4) is 0 Å². The van der Waals surface area contributed by atoms with Crippen molar-refractivity contribution in [1.29, 1.82) is 0 Å². The summed E-state index contributed by atoms with van der Waals surface area (Å²) in [5.41, 5.74) is 3.48. The molecule has 1 aromatic carbocycles. The molecule has 28 heavy (non-hydrogen) atoms. The van der Waals surface area contributed by atoms with Gasteiger partial charge in [0, 0.05) is 0 Å². The van der Waals surface area contributed by atoms with E-state index in [2.05, 4.69) is 15.0 Å². The zero-order valence-corrected chi connectivity index (χ0v) is 13.9. The molecule has 0 bridgehead atoms. The lowest BCUT2D eigenvalue weighted by molar-refractivity contribution is -0.145. The molecule has 152 valence electrons. The lowest BCUT2D eigenvalue weighted by atomic mass is 10.2. The van der Waals surface area contributed by atoms with Gasteiger partial charge in [-0.15, -0.1) is 0 Å². The summed E-state index contributed by atoms with van der Waals surface area (Å²) in [6, 6.07) is 1.23. The van der Waals surface area contributed by atoms with Crippen LogP contribution in [0.5, 0.6) is 0 Å². The number of nitrogen functional groups attached to an aromatic ring is 1. The molecule has 0 fully saturated rings. The summed E-state index contributed by atoms with van der Waals surface area (Å²) in [4.78, 5) is 19.2. The Balaban J connectivity index is 2.28. The number of rotatable bonds is 3. The van der Waals surface area contributed by atoms with Crippen molar-refractivity contribution in [1.82, 2.24) is 19.7 Å². The van der Waals surface area contributed by atoms with Gasteiger partial charge in [-0.1, -0.05) is 12.1 Å². The van der Waals surface area contributed by atoms with Crippen molar-refractivity contribution in [2.24, 2.45) is 0 Å². The first-order valence-electron chi connectivity index (χ1n) is 6.79. The average molecular weight is 430 g/mol. The van der Waals surface area contributed by atoms with Gasteiger partial charge in [-0.05, 0) is 12.1 Å². The van der Waals surface area contributed by atoms with Crippen LogP contribution in [0, 0.1) is 0 Å². The Morgan fingerprint density at radius 2 is 1.57 bits per heavy atom. The number of nitrogens with two attached hydrogens (primary N) is 1. The summed E-state index contributed by atoms with van der Waals surface area (Å²) < 4.78 is 102. The lowest BCUT2D eigenvalue weighted by Crippen LogP contribution is -2.36. The molecule has 0 saturated heterocycles. The standard InChI is InChI=1S/C12H8F6N6O3S/c13-11(14,15)5-3-1-2-4-6(5)28(26,27)24-10(25)23-9-21-7(12(16,17)18)20-8(19)22-9/h1-4H,(H4,19,20,21,22,23,24,25). The maximum atomic E-state index is 12.9. The van der Waals surface area contributed by atoms with Crippen molar-refractivity contribution < 1.29 is 39.6 Å². The van der Waals surface area contributed by atoms with Crippen molar-refractivity contribution in [3.05, 3.63) is 35.7 Å². The van der Waals surface area contributed by atoms with Gasteiger partial charge in [0.15, 0.2) is 0 Å². The monoisotopic (exact) mass is 430 g/mol. The number of carbonyl (C=O) groups is 1. The fourth-order valence-corrected chi connectivity index (χ4v) is 2.95. The van der Waals surface area contributed by atoms with Crippen LogP contribution in [0.15, 0.2) is 29.2 Å². The number of urea groups is 1. The number of hydrogen-bond acceptors (Lipinski definition) is 7. The smallest absolute Gasteiger partial charge is 0.368 e. The highest BCUT2D eigenvalue weighted by molar-refractivity contribution is 7.90. The Kier molecular flexibility index (Phi) is 5.36. The van der Waals surface area contributed by atoms with Crippen molar-refractivity contribution in [3.63, 3.8) is 0 Å². The Morgan fingerprint density at radius 3 is 2.14 bits per heavy atom. The van der Waals surface area contributed by atoms with Gasteiger partial charge >= 0.3 is 18.4 Å². The van der Waals surface area contributed by atoms with Gasteiger partial charge in [0.1, 0.15) is 0 Å². The van der Waals surface area contributed by atoms with E-state index < -0.39 is 56.6 Å². The second-order valence-electron chi connectivity index (χ2n) is 4.89. The van der Waals surface area contributed by atoms with Crippen LogP contribution in [0.4, 0.5) is 43.0 Å². The number of sulfonamides is 1. The van der Waals surface area contributed by atoms with Crippen molar-refractivity contribution in [2.75, 3.05) is 11.1 Å². The van der Waals surface area contributed by atoms with Crippen LogP contribution in [-0.2, 0) is 22.4 Å². The maximum Gasteiger partial charge on any atom is 0.451 e. The van der Waals surface area contributed by atoms with Gasteiger partial charge in [-0.3, -0.25) is 5.32 Å². The van der Waals surface area contributed by atoms with Gasteiger partial charge in [0.05, 0.1) is 10.5 Å². The molecular formula is C12H8F6N6O3S. The number of halogens is 6. The van der Waals surface area contributed by atoms with E-state index in [4.69, 9.17) is 5.73 Å². The van der Waals surface area contributed by atoms with E-state index in [0.29, 0.717) is 12.1 Å². The fourth-order valence-electron chi connectivity index (χ4n) is 1.81. The third kappa shape index (κ3) is 4.96. The van der Waals surface area contributed by atoms with Crippen LogP contribution in [-0.4, -0.2) is 29.4 Å². The van der Waals surface area contributed by atoms with Crippen molar-refractivity contribution in [2.45, 2.75) is 17.2 Å².